The molecule has 0 amide bonds. The van der Waals surface area contributed by atoms with Gasteiger partial charge in [0.2, 0.25) is 0 Å². The second-order valence-electron chi connectivity index (χ2n) is 11.9. The third kappa shape index (κ3) is 1020. The Morgan fingerprint density at radius 2 is 0.717 bits per heavy atom. The van der Waals surface area contributed by atoms with E-state index in [1.165, 1.54) is 52.4 Å². The number of carbonyl (C=O) groups is 3. The van der Waals surface area contributed by atoms with Crippen molar-refractivity contribution in [1.29, 1.82) is 0 Å². The van der Waals surface area contributed by atoms with Gasteiger partial charge in [-0.15, -0.1) is 64.6 Å². The van der Waals surface area contributed by atoms with Crippen molar-refractivity contribution in [3.05, 3.63) is 49.6 Å². The molecule has 0 saturated heterocycles. The van der Waals surface area contributed by atoms with Crippen molar-refractivity contribution in [2.24, 2.45) is 0 Å². The van der Waals surface area contributed by atoms with Gasteiger partial charge in [0.15, 0.2) is 5.83 Å². The fourth-order valence-electron chi connectivity index (χ4n) is 0.580. The molecule has 0 unspecified atom stereocenters. The van der Waals surface area contributed by atoms with Crippen molar-refractivity contribution in [3.8, 4) is 36.5 Å². The third-order valence-corrected chi connectivity index (χ3v) is 4.78. The number of hydrogen-bond acceptors (Lipinski definition) is 11. The second-order valence-corrected chi connectivity index (χ2v) is 13.8. The van der Waals surface area contributed by atoms with E-state index in [0.717, 1.165) is 76.0 Å². The Labute approximate surface area is 831 Å². The maximum atomic E-state index is 11.3. The average Bonchev–Trinajstić information content (AvgIpc) is 3.52. The minimum atomic E-state index is -2.91. The van der Waals surface area contributed by atoms with E-state index in [-0.39, 0.29) is 303 Å². The molecule has 99 heavy (non-hydrogen) atoms. The molecule has 6 radical (unpaired) electrons. The van der Waals surface area contributed by atoms with E-state index >= 15 is 0 Å². The molecule has 4 N–H and O–H groups in total. The summed E-state index contributed by atoms with van der Waals surface area (Å²) in [5.74, 6) is 6.88. The van der Waals surface area contributed by atoms with Crippen LogP contribution in [0.1, 0.15) is 276 Å². The first-order chi connectivity index (χ1) is 40.9. The van der Waals surface area contributed by atoms with Crippen LogP contribution in [-0.2, 0) is 28.7 Å². The summed E-state index contributed by atoms with van der Waals surface area (Å²) in [5.41, 5.74) is -0.931. The number of allylic oxidation sites excluding steroid dienone is 3. The molecular weight excluding hydrogens is 1640 g/mol. The van der Waals surface area contributed by atoms with Crippen LogP contribution in [0.3, 0.4) is 0 Å². The molecule has 0 spiro atoms. The van der Waals surface area contributed by atoms with Crippen LogP contribution in [0.25, 0.3) is 0 Å². The van der Waals surface area contributed by atoms with Crippen LogP contribution >= 0.6 is 65.8 Å². The molecule has 0 aliphatic heterocycles. The minimum Gasteiger partial charge on any atom is -1.00 e. The topological polar surface area (TPSA) is 193 Å². The Morgan fingerprint density at radius 1 is 0.556 bits per heavy atom. The van der Waals surface area contributed by atoms with E-state index in [2.05, 4.69) is 120 Å². The number of hydrogen-bond donors (Lipinski definition) is 3. The van der Waals surface area contributed by atoms with Gasteiger partial charge in [-0.25, -0.2) is 13.2 Å². The zero-order chi connectivity index (χ0) is 76.3. The summed E-state index contributed by atoms with van der Waals surface area (Å²) in [6, 6.07) is 0. The SMILES string of the molecule is Br.Br.C#CC.C#CC(C)(C)O.C/C(F)=C(/C)F.CC.CC.CC.CC.CC.CC.CC#CC.CC(F)=C(F)F.CC=O.CC=O.CCBr.CCCCBr.CCCCO.CCCCOC.CCO.CCOC.FC(F)=C(F)F.O=CO[O-].[B].[B].[CH2-]CCC.[CH2-]CCC.[H-].[H-].[H-].[K+].[K+].[Li+].[Li+].[Na+].[Na+].[Na+].[OH-]. The number of alkyl halides is 2. The fourth-order valence-corrected chi connectivity index (χ4v) is 1.14. The smallest absolute Gasteiger partial charge is 1.00 e. The van der Waals surface area contributed by atoms with Crippen LogP contribution in [-0.4, -0.2) is 114 Å². The molecule has 0 saturated carbocycles. The molecule has 0 bridgehead atoms. The number of methoxy groups -OCH3 is 2. The van der Waals surface area contributed by atoms with Crippen molar-refractivity contribution in [2.75, 3.05) is 51.3 Å². The van der Waals surface area contributed by atoms with Crippen LogP contribution < -0.4 is 234 Å². The molecule has 0 aromatic rings. The van der Waals surface area contributed by atoms with Gasteiger partial charge in [0, 0.05) is 68.1 Å². The van der Waals surface area contributed by atoms with E-state index in [9.17, 15) is 39.5 Å². The quantitative estimate of drug-likeness (QED) is 0.0317. The Kier molecular flexibility index (Phi) is 827. The summed E-state index contributed by atoms with van der Waals surface area (Å²) in [4.78, 5) is 28.9. The molecule has 0 aliphatic carbocycles. The van der Waals surface area contributed by atoms with E-state index < -0.39 is 41.3 Å². The molecule has 580 valence electrons. The molecule has 0 aromatic heterocycles. The predicted molar refractivity (Wildman–Crippen MR) is 411 cm³/mol. The van der Waals surface area contributed by atoms with Crippen molar-refractivity contribution in [1.82, 2.24) is 0 Å². The standard InChI is InChI=1S/C5H8O.C5H12O.C4H9Br.C4H6F2.C4H10O.2C4H9.C4H6.C3H3F3.C3H8O.C3H4.C2H5Br.C2F4.C2H6O.2C2H4O.6C2H6.CH2O3.2B.2BrH.2K.2Li.3Na.H2O.3H/c1-4-5(2,3)6;1-3-4-5-6-2;1-2-3-4-5;1-3(5)4(2)6;1-2-3-4-5;3*1-3-4-2;1-2(4)3(5)6;1-3-4-2;1-3-2;1-2-3;3-1(4)2(5)6;3*1-2-3;6*1-2;2-1-4-3;;;;;;;;;;;;;;;/h1,6H,2-3H3;3-5H2,1-2H3;2-4H2,1H3;1-2H3;5H,2-4H2,1H3;2*1,3-4H2,2H3;1-2H3;1H3;3H2,1-2H3;1H,2H3;2H2,1H3;;3H,2H2,1H3;2*2H,1H3;6*1-2H3;1,3H;;;2*1H;;;;;;;;1H2;;;/q;;;;;2*-1;;;;;;;;;;;;;;;;;;;;;7*+1;;3*-1/p-2/b;;;4-3+;;;;;;;;;;;;;;;;;;;;;;;;;;;;;;;;;;. The number of halogens is 13. The van der Waals surface area contributed by atoms with Crippen LogP contribution in [0.15, 0.2) is 35.7 Å². The maximum Gasteiger partial charge on any atom is 1.00 e. The molecule has 0 atom stereocenters. The van der Waals surface area contributed by atoms with Crippen LogP contribution in [0.2, 0.25) is 0 Å². The van der Waals surface area contributed by atoms with E-state index in [1.807, 2.05) is 111 Å². The zero-order valence-electron chi connectivity index (χ0n) is 73.9. The maximum absolute atomic E-state index is 11.3. The zero-order valence-corrected chi connectivity index (χ0v) is 89.7. The molecule has 33 heteroatoms. The Bertz CT molecular complexity index is 1110. The number of rotatable bonds is 11. The van der Waals surface area contributed by atoms with Crippen molar-refractivity contribution < 1.29 is 328 Å². The van der Waals surface area contributed by atoms with E-state index in [4.69, 9.17) is 46.1 Å². The number of aliphatic hydroxyl groups excluding tert-OH is 2. The number of unbranched alkanes of at least 4 members (excludes halogenated alkanes) is 5. The predicted octanol–water partition coefficient (Wildman–Crippen LogP) is 2.58. The molecule has 0 aliphatic rings. The van der Waals surface area contributed by atoms with Gasteiger partial charge in [-0.3, -0.25) is 4.79 Å². The first kappa shape index (κ1) is 232. The monoisotopic (exact) mass is 1780 g/mol. The largest absolute Gasteiger partial charge is 1.00 e. The van der Waals surface area contributed by atoms with Crippen molar-refractivity contribution in [3.63, 3.8) is 0 Å². The first-order valence-corrected chi connectivity index (χ1v) is 31.5. The number of aldehydes is 2. The Morgan fingerprint density at radius 3 is 0.727 bits per heavy atom. The van der Waals surface area contributed by atoms with Gasteiger partial charge in [-0.05, 0) is 102 Å². The fraction of sp³-hybridized carbons (Fsp3) is 0.742. The van der Waals surface area contributed by atoms with Crippen LogP contribution in [0.5, 0.6) is 0 Å². The van der Waals surface area contributed by atoms with Crippen molar-refractivity contribution >= 4 is 102 Å². The van der Waals surface area contributed by atoms with Gasteiger partial charge in [0.1, 0.15) is 29.8 Å². The summed E-state index contributed by atoms with van der Waals surface area (Å²) in [6.07, 6.45) is 14.5. The molecule has 0 heterocycles. The third-order valence-electron chi connectivity index (χ3n) is 4.22. The second kappa shape index (κ2) is 353. The number of ether oxygens (including phenoxy) is 2. The number of terminal acetylenes is 2. The summed E-state index contributed by atoms with van der Waals surface area (Å²) >= 11 is 6.46. The summed E-state index contributed by atoms with van der Waals surface area (Å²) in [6.45, 7) is 63.8. The van der Waals surface area contributed by atoms with Gasteiger partial charge >= 0.3 is 247 Å². The normalized spacial score (nSPS) is 6.17. The number of carbonyl (C=O) groups excluding carboxylic acids is 3. The van der Waals surface area contributed by atoms with E-state index in [1.54, 1.807) is 41.9 Å². The van der Waals surface area contributed by atoms with Crippen molar-refractivity contribution in [2.45, 2.75) is 278 Å². The summed E-state index contributed by atoms with van der Waals surface area (Å²) in [7, 11) is 3.41. The Hall–Kier alpha value is 5.32. The van der Waals surface area contributed by atoms with E-state index in [0.29, 0.717) is 13.5 Å². The molecular formula is C66H146B2Br4F9K2Li2Na3O11. The minimum absolute atomic E-state index is 0. The summed E-state index contributed by atoms with van der Waals surface area (Å²) in [5, 5.41) is 34.9. The molecule has 11 nitrogen and oxygen atoms in total. The van der Waals surface area contributed by atoms with Crippen LogP contribution in [0.4, 0.5) is 39.5 Å². The van der Waals surface area contributed by atoms with Gasteiger partial charge < -0.3 is 68.1 Å². The van der Waals surface area contributed by atoms with Gasteiger partial charge in [0.25, 0.3) is 6.47 Å². The summed E-state index contributed by atoms with van der Waals surface area (Å²) < 4.78 is 105. The molecule has 0 rings (SSSR count). The molecule has 0 aromatic carbocycles. The first-order valence-electron chi connectivity index (χ1n) is 29.2. The van der Waals surface area contributed by atoms with Gasteiger partial charge in [-0.2, -0.15) is 39.2 Å². The Balaban J connectivity index is -0.0000000117. The molecule has 0 fully saturated rings. The van der Waals surface area contributed by atoms with Gasteiger partial charge in [0.05, 0.1) is 0 Å². The van der Waals surface area contributed by atoms with Gasteiger partial charge in [-0.1, -0.05) is 195 Å². The average molecular weight is 1790 g/mol. The number of aliphatic hydroxyl groups is 3. The van der Waals surface area contributed by atoms with Crippen LogP contribution in [0, 0.1) is 50.4 Å².